The Morgan fingerprint density at radius 1 is 1.50 bits per heavy atom. The van der Waals surface area contributed by atoms with Crippen LogP contribution in [0.25, 0.3) is 0 Å². The molecule has 1 aromatic rings. The standard InChI is InChI=1S/C12H13ClO3S.ClH/c1-2-11-15-10(7-17-11)16-12(14)8-3-5-9(13)6-4-8;/h3-6,10-11H,2,7H2,1H3;1H. The number of carbonyl (C=O) groups is 1. The van der Waals surface area contributed by atoms with E-state index in [9.17, 15) is 4.79 Å². The maximum Gasteiger partial charge on any atom is 0.340 e. The first-order chi connectivity index (χ1) is 8.19. The summed E-state index contributed by atoms with van der Waals surface area (Å²) in [6, 6.07) is 6.61. The minimum Gasteiger partial charge on any atom is -0.431 e. The van der Waals surface area contributed by atoms with E-state index in [1.807, 2.05) is 6.92 Å². The van der Waals surface area contributed by atoms with Crippen LogP contribution in [0.1, 0.15) is 23.7 Å². The largest absolute Gasteiger partial charge is 0.431 e. The Hall–Kier alpha value is -0.420. The lowest BCUT2D eigenvalue weighted by Crippen LogP contribution is -2.20. The minimum atomic E-state index is -0.437. The van der Waals surface area contributed by atoms with Crippen molar-refractivity contribution in [1.82, 2.24) is 0 Å². The summed E-state index contributed by atoms with van der Waals surface area (Å²) < 4.78 is 10.8. The molecule has 0 aliphatic carbocycles. The fraction of sp³-hybridized carbons (Fsp3) is 0.417. The molecule has 0 bridgehead atoms. The molecule has 0 spiro atoms. The first-order valence-corrected chi connectivity index (χ1v) is 6.85. The maximum atomic E-state index is 11.8. The highest BCUT2D eigenvalue weighted by atomic mass is 35.5. The van der Waals surface area contributed by atoms with E-state index in [-0.39, 0.29) is 23.8 Å². The van der Waals surface area contributed by atoms with Gasteiger partial charge in [-0.3, -0.25) is 0 Å². The van der Waals surface area contributed by atoms with E-state index in [1.54, 1.807) is 36.0 Å². The van der Waals surface area contributed by atoms with Gasteiger partial charge >= 0.3 is 5.97 Å². The predicted octanol–water partition coefficient (Wildman–Crippen LogP) is 3.74. The van der Waals surface area contributed by atoms with Gasteiger partial charge in [-0.05, 0) is 30.7 Å². The molecular weight excluding hydrogens is 295 g/mol. The van der Waals surface area contributed by atoms with Crippen molar-refractivity contribution in [3.63, 3.8) is 0 Å². The third-order valence-corrected chi connectivity index (χ3v) is 3.91. The van der Waals surface area contributed by atoms with Gasteiger partial charge in [-0.15, -0.1) is 24.2 Å². The van der Waals surface area contributed by atoms with Gasteiger partial charge in [0.1, 0.15) is 5.44 Å². The Bertz CT molecular complexity index is 397. The molecule has 1 aliphatic rings. The highest BCUT2D eigenvalue weighted by Gasteiger charge is 2.27. The van der Waals surface area contributed by atoms with Crippen LogP contribution in [0.4, 0.5) is 0 Å². The fourth-order valence-electron chi connectivity index (χ4n) is 1.48. The average Bonchev–Trinajstić information content (AvgIpc) is 2.77. The number of ether oxygens (including phenoxy) is 2. The molecule has 0 N–H and O–H groups in total. The third kappa shape index (κ3) is 4.05. The SMILES string of the molecule is CCC1OC(OC(=O)c2ccc(Cl)cc2)CS1.Cl. The molecule has 1 aromatic carbocycles. The second-order valence-electron chi connectivity index (χ2n) is 3.65. The highest BCUT2D eigenvalue weighted by Crippen LogP contribution is 2.28. The van der Waals surface area contributed by atoms with Crippen LogP contribution in [0.15, 0.2) is 24.3 Å². The highest BCUT2D eigenvalue weighted by molar-refractivity contribution is 8.00. The van der Waals surface area contributed by atoms with E-state index in [4.69, 9.17) is 21.1 Å². The van der Waals surface area contributed by atoms with Crippen molar-refractivity contribution in [3.8, 4) is 0 Å². The summed E-state index contributed by atoms with van der Waals surface area (Å²) in [6.07, 6.45) is 0.479. The lowest BCUT2D eigenvalue weighted by molar-refractivity contribution is -0.0938. The van der Waals surface area contributed by atoms with Gasteiger partial charge < -0.3 is 9.47 Å². The lowest BCUT2D eigenvalue weighted by atomic mass is 10.2. The van der Waals surface area contributed by atoms with E-state index in [2.05, 4.69) is 0 Å². The van der Waals surface area contributed by atoms with Crippen LogP contribution in [0.3, 0.4) is 0 Å². The van der Waals surface area contributed by atoms with E-state index in [1.165, 1.54) is 0 Å². The van der Waals surface area contributed by atoms with Crippen molar-refractivity contribution in [2.75, 3.05) is 5.75 Å². The Labute approximate surface area is 122 Å². The molecule has 2 rings (SSSR count). The van der Waals surface area contributed by atoms with Crippen LogP contribution in [-0.2, 0) is 9.47 Å². The zero-order valence-electron chi connectivity index (χ0n) is 9.80. The number of hydrogen-bond donors (Lipinski definition) is 0. The van der Waals surface area contributed by atoms with E-state index >= 15 is 0 Å². The number of carbonyl (C=O) groups excluding carboxylic acids is 1. The summed E-state index contributed by atoms with van der Waals surface area (Å²) >= 11 is 7.41. The van der Waals surface area contributed by atoms with Crippen LogP contribution in [0.2, 0.25) is 5.02 Å². The van der Waals surface area contributed by atoms with Gasteiger partial charge in [-0.25, -0.2) is 4.79 Å². The molecule has 3 nitrogen and oxygen atoms in total. The maximum absolute atomic E-state index is 11.8. The normalized spacial score (nSPS) is 22.3. The molecule has 2 atom stereocenters. The molecule has 18 heavy (non-hydrogen) atoms. The summed E-state index contributed by atoms with van der Waals surface area (Å²) in [4.78, 5) is 11.8. The Kier molecular flexibility index (Phi) is 6.29. The molecular formula is C12H14Cl2O3S. The van der Waals surface area contributed by atoms with Crippen LogP contribution < -0.4 is 0 Å². The Morgan fingerprint density at radius 2 is 2.17 bits per heavy atom. The first-order valence-electron chi connectivity index (χ1n) is 5.42. The number of benzene rings is 1. The molecule has 0 radical (unpaired) electrons. The van der Waals surface area contributed by atoms with Gasteiger partial charge in [0.25, 0.3) is 0 Å². The zero-order valence-corrected chi connectivity index (χ0v) is 12.2. The quantitative estimate of drug-likeness (QED) is 0.797. The van der Waals surface area contributed by atoms with Gasteiger partial charge in [0.2, 0.25) is 6.29 Å². The summed E-state index contributed by atoms with van der Waals surface area (Å²) in [5.41, 5.74) is 0.626. The van der Waals surface area contributed by atoms with Crippen molar-refractivity contribution in [3.05, 3.63) is 34.9 Å². The molecule has 100 valence electrons. The average molecular weight is 309 g/mol. The van der Waals surface area contributed by atoms with Crippen LogP contribution in [-0.4, -0.2) is 23.4 Å². The van der Waals surface area contributed by atoms with Crippen molar-refractivity contribution in [1.29, 1.82) is 0 Å². The number of thioether (sulfide) groups is 1. The monoisotopic (exact) mass is 308 g/mol. The van der Waals surface area contributed by atoms with Crippen molar-refractivity contribution in [2.24, 2.45) is 0 Å². The van der Waals surface area contributed by atoms with Gasteiger partial charge in [0.05, 0.1) is 11.3 Å². The topological polar surface area (TPSA) is 35.5 Å². The zero-order chi connectivity index (χ0) is 12.3. The fourth-order valence-corrected chi connectivity index (χ4v) is 2.57. The summed E-state index contributed by atoms with van der Waals surface area (Å²) in [5, 5.41) is 0.597. The van der Waals surface area contributed by atoms with Gasteiger partial charge in [0.15, 0.2) is 0 Å². The minimum absolute atomic E-state index is 0. The molecule has 0 aromatic heterocycles. The summed E-state index contributed by atoms with van der Waals surface area (Å²) in [7, 11) is 0. The summed E-state index contributed by atoms with van der Waals surface area (Å²) in [6.45, 7) is 2.04. The second kappa shape index (κ2) is 7.24. The van der Waals surface area contributed by atoms with Gasteiger partial charge in [-0.2, -0.15) is 0 Å². The molecule has 1 fully saturated rings. The second-order valence-corrected chi connectivity index (χ2v) is 5.28. The number of halogens is 2. The van der Waals surface area contributed by atoms with Crippen LogP contribution in [0.5, 0.6) is 0 Å². The van der Waals surface area contributed by atoms with E-state index in [0.717, 1.165) is 6.42 Å². The number of hydrogen-bond acceptors (Lipinski definition) is 4. The molecule has 0 saturated carbocycles. The smallest absolute Gasteiger partial charge is 0.340 e. The van der Waals surface area contributed by atoms with Gasteiger partial charge in [-0.1, -0.05) is 18.5 Å². The molecule has 2 unspecified atom stereocenters. The molecule has 6 heteroatoms. The van der Waals surface area contributed by atoms with Crippen molar-refractivity contribution < 1.29 is 14.3 Å². The van der Waals surface area contributed by atoms with Crippen molar-refractivity contribution in [2.45, 2.75) is 25.1 Å². The molecule has 1 aliphatic heterocycles. The van der Waals surface area contributed by atoms with E-state index < -0.39 is 6.29 Å². The van der Waals surface area contributed by atoms with Gasteiger partial charge in [0, 0.05) is 5.02 Å². The van der Waals surface area contributed by atoms with Crippen molar-refractivity contribution >= 4 is 41.7 Å². The number of esters is 1. The first kappa shape index (κ1) is 15.6. The predicted molar refractivity (Wildman–Crippen MR) is 75.5 cm³/mol. The Morgan fingerprint density at radius 3 is 2.72 bits per heavy atom. The third-order valence-electron chi connectivity index (χ3n) is 2.37. The number of rotatable bonds is 3. The van der Waals surface area contributed by atoms with E-state index in [0.29, 0.717) is 16.3 Å². The van der Waals surface area contributed by atoms with Crippen LogP contribution in [0, 0.1) is 0 Å². The summed E-state index contributed by atoms with van der Waals surface area (Å²) in [5.74, 6) is 0.321. The Balaban J connectivity index is 0.00000162. The van der Waals surface area contributed by atoms with Crippen LogP contribution >= 0.6 is 35.8 Å². The molecule has 1 saturated heterocycles. The molecule has 0 amide bonds. The lowest BCUT2D eigenvalue weighted by Gasteiger charge is -2.12. The molecule has 1 heterocycles.